The van der Waals surface area contributed by atoms with E-state index in [1.165, 1.54) is 32.8 Å². The number of carbonyl (C=O) groups is 1. The van der Waals surface area contributed by atoms with E-state index in [4.69, 9.17) is 10.5 Å². The van der Waals surface area contributed by atoms with Crippen LogP contribution in [0.2, 0.25) is 0 Å². The number of hydrogen-bond donors (Lipinski definition) is 2. The van der Waals surface area contributed by atoms with Crippen molar-refractivity contribution < 1.29 is 9.53 Å². The average molecular weight is 261 g/mol. The molecule has 0 bridgehead atoms. The second-order valence-corrected chi connectivity index (χ2v) is 5.65. The van der Waals surface area contributed by atoms with E-state index in [1.807, 2.05) is 0 Å². The van der Waals surface area contributed by atoms with Crippen LogP contribution in [0.5, 0.6) is 0 Å². The largest absolute Gasteiger partial charge is 0.465 e. The number of esters is 1. The SMILES string of the molecule is COC(=O)c1cc(N)cnc1NCC1(C2CC2)CC1. The van der Waals surface area contributed by atoms with Crippen molar-refractivity contribution in [3.8, 4) is 0 Å². The van der Waals surface area contributed by atoms with Crippen molar-refractivity contribution in [2.45, 2.75) is 25.7 Å². The molecule has 2 aliphatic rings. The van der Waals surface area contributed by atoms with Gasteiger partial charge in [0.15, 0.2) is 0 Å². The van der Waals surface area contributed by atoms with Gasteiger partial charge in [-0.05, 0) is 43.1 Å². The van der Waals surface area contributed by atoms with Crippen LogP contribution in [0.25, 0.3) is 0 Å². The minimum Gasteiger partial charge on any atom is -0.465 e. The molecule has 3 N–H and O–H groups in total. The fourth-order valence-corrected chi connectivity index (χ4v) is 2.73. The summed E-state index contributed by atoms with van der Waals surface area (Å²) < 4.78 is 4.76. The van der Waals surface area contributed by atoms with Crippen molar-refractivity contribution in [2.24, 2.45) is 11.3 Å². The van der Waals surface area contributed by atoms with Crippen LogP contribution in [-0.4, -0.2) is 24.6 Å². The highest BCUT2D eigenvalue weighted by atomic mass is 16.5. The molecule has 2 fully saturated rings. The first-order chi connectivity index (χ1) is 9.14. The van der Waals surface area contributed by atoms with Crippen LogP contribution in [0.4, 0.5) is 11.5 Å². The number of nitrogens with one attached hydrogen (secondary N) is 1. The maximum absolute atomic E-state index is 11.7. The van der Waals surface area contributed by atoms with Gasteiger partial charge in [-0.3, -0.25) is 0 Å². The maximum atomic E-state index is 11.7. The highest BCUT2D eigenvalue weighted by molar-refractivity contribution is 5.95. The molecule has 3 rings (SSSR count). The topological polar surface area (TPSA) is 77.2 Å². The molecule has 2 aliphatic carbocycles. The molecule has 0 saturated heterocycles. The standard InChI is InChI=1S/C14H19N3O2/c1-19-13(18)11-6-10(15)7-16-12(11)17-8-14(4-5-14)9-2-3-9/h6-7,9H,2-5,8,15H2,1H3,(H,16,17). The number of ether oxygens (including phenoxy) is 1. The zero-order valence-electron chi connectivity index (χ0n) is 11.1. The van der Waals surface area contributed by atoms with Crippen molar-refractivity contribution in [3.63, 3.8) is 0 Å². The summed E-state index contributed by atoms with van der Waals surface area (Å²) in [4.78, 5) is 15.9. The number of nitrogen functional groups attached to an aromatic ring is 1. The Hall–Kier alpha value is -1.78. The second-order valence-electron chi connectivity index (χ2n) is 5.65. The first-order valence-electron chi connectivity index (χ1n) is 6.72. The average Bonchev–Trinajstić information content (AvgIpc) is 3.28. The Morgan fingerprint density at radius 1 is 1.58 bits per heavy atom. The number of carbonyl (C=O) groups excluding carboxylic acids is 1. The van der Waals surface area contributed by atoms with E-state index in [0.29, 0.717) is 22.5 Å². The molecule has 102 valence electrons. The lowest BCUT2D eigenvalue weighted by Gasteiger charge is -2.17. The van der Waals surface area contributed by atoms with Gasteiger partial charge in [0.05, 0.1) is 19.0 Å². The van der Waals surface area contributed by atoms with Gasteiger partial charge in [-0.1, -0.05) is 0 Å². The molecule has 0 radical (unpaired) electrons. The van der Waals surface area contributed by atoms with Crippen molar-refractivity contribution in [1.29, 1.82) is 0 Å². The number of aromatic nitrogens is 1. The van der Waals surface area contributed by atoms with Gasteiger partial charge in [0.2, 0.25) is 0 Å². The number of pyridine rings is 1. The fourth-order valence-electron chi connectivity index (χ4n) is 2.73. The number of hydrogen-bond acceptors (Lipinski definition) is 5. The van der Waals surface area contributed by atoms with E-state index in [1.54, 1.807) is 12.3 Å². The van der Waals surface area contributed by atoms with E-state index >= 15 is 0 Å². The Labute approximate surface area is 112 Å². The molecule has 19 heavy (non-hydrogen) atoms. The predicted octanol–water partition coefficient (Wildman–Crippen LogP) is 2.05. The molecular formula is C14H19N3O2. The summed E-state index contributed by atoms with van der Waals surface area (Å²) in [6.45, 7) is 0.887. The van der Waals surface area contributed by atoms with Gasteiger partial charge >= 0.3 is 5.97 Å². The fraction of sp³-hybridized carbons (Fsp3) is 0.571. The lowest BCUT2D eigenvalue weighted by Crippen LogP contribution is -2.20. The van der Waals surface area contributed by atoms with E-state index in [0.717, 1.165) is 12.5 Å². The van der Waals surface area contributed by atoms with Crippen LogP contribution < -0.4 is 11.1 Å². The first-order valence-corrected chi connectivity index (χ1v) is 6.72. The van der Waals surface area contributed by atoms with Gasteiger partial charge in [-0.15, -0.1) is 0 Å². The summed E-state index contributed by atoms with van der Waals surface area (Å²) in [5.74, 6) is 1.04. The summed E-state index contributed by atoms with van der Waals surface area (Å²) in [5, 5.41) is 3.31. The molecule has 5 nitrogen and oxygen atoms in total. The van der Waals surface area contributed by atoms with E-state index in [-0.39, 0.29) is 0 Å². The number of nitrogens with two attached hydrogens (primary N) is 1. The molecule has 0 amide bonds. The molecule has 0 spiro atoms. The third-order valence-electron chi connectivity index (χ3n) is 4.26. The zero-order valence-corrected chi connectivity index (χ0v) is 11.1. The Morgan fingerprint density at radius 3 is 2.89 bits per heavy atom. The van der Waals surface area contributed by atoms with Crippen LogP contribution in [-0.2, 0) is 4.74 Å². The molecule has 1 heterocycles. The molecule has 5 heteroatoms. The van der Waals surface area contributed by atoms with Gasteiger partial charge in [0.1, 0.15) is 11.4 Å². The Kier molecular flexibility index (Phi) is 2.84. The zero-order chi connectivity index (χ0) is 13.5. The normalized spacial score (nSPS) is 19.8. The van der Waals surface area contributed by atoms with Crippen molar-refractivity contribution in [2.75, 3.05) is 24.7 Å². The highest BCUT2D eigenvalue weighted by Crippen LogP contribution is 2.61. The minimum atomic E-state index is -0.404. The Morgan fingerprint density at radius 2 is 2.32 bits per heavy atom. The van der Waals surface area contributed by atoms with E-state index in [2.05, 4.69) is 10.3 Å². The van der Waals surface area contributed by atoms with Crippen LogP contribution in [0.15, 0.2) is 12.3 Å². The number of nitrogens with zero attached hydrogens (tertiary/aromatic N) is 1. The van der Waals surface area contributed by atoms with Crippen LogP contribution in [0.3, 0.4) is 0 Å². The number of rotatable bonds is 5. The van der Waals surface area contributed by atoms with E-state index < -0.39 is 5.97 Å². The third kappa shape index (κ3) is 2.37. The van der Waals surface area contributed by atoms with Crippen LogP contribution in [0, 0.1) is 11.3 Å². The van der Waals surface area contributed by atoms with Crippen LogP contribution >= 0.6 is 0 Å². The molecule has 1 aromatic heterocycles. The Balaban J connectivity index is 1.74. The van der Waals surface area contributed by atoms with Gasteiger partial charge in [-0.2, -0.15) is 0 Å². The summed E-state index contributed by atoms with van der Waals surface area (Å²) in [6, 6.07) is 1.61. The molecule has 1 aromatic rings. The number of methoxy groups -OCH3 is 1. The molecular weight excluding hydrogens is 242 g/mol. The molecule has 0 aromatic carbocycles. The molecule has 0 aliphatic heterocycles. The lowest BCUT2D eigenvalue weighted by molar-refractivity contribution is 0.0601. The van der Waals surface area contributed by atoms with Crippen LogP contribution in [0.1, 0.15) is 36.0 Å². The smallest absolute Gasteiger partial charge is 0.341 e. The summed E-state index contributed by atoms with van der Waals surface area (Å²) >= 11 is 0. The third-order valence-corrected chi connectivity index (χ3v) is 4.26. The highest BCUT2D eigenvalue weighted by Gasteiger charge is 2.53. The quantitative estimate of drug-likeness (QED) is 0.793. The lowest BCUT2D eigenvalue weighted by atomic mass is 10.0. The summed E-state index contributed by atoms with van der Waals surface area (Å²) in [7, 11) is 1.36. The molecule has 0 atom stereocenters. The van der Waals surface area contributed by atoms with Gasteiger partial charge in [0, 0.05) is 6.54 Å². The van der Waals surface area contributed by atoms with Crippen molar-refractivity contribution in [1.82, 2.24) is 4.98 Å². The monoisotopic (exact) mass is 261 g/mol. The first kappa shape index (κ1) is 12.3. The second kappa shape index (κ2) is 4.40. The van der Waals surface area contributed by atoms with Crippen molar-refractivity contribution in [3.05, 3.63) is 17.8 Å². The minimum absolute atomic E-state index is 0.404. The van der Waals surface area contributed by atoms with E-state index in [9.17, 15) is 4.79 Å². The van der Waals surface area contributed by atoms with Gasteiger partial charge < -0.3 is 15.8 Å². The summed E-state index contributed by atoms with van der Waals surface area (Å²) in [6.07, 6.45) is 6.83. The van der Waals surface area contributed by atoms with Crippen molar-refractivity contribution >= 4 is 17.5 Å². The molecule has 2 saturated carbocycles. The Bertz CT molecular complexity index is 507. The maximum Gasteiger partial charge on any atom is 0.341 e. The van der Waals surface area contributed by atoms with Gasteiger partial charge in [-0.25, -0.2) is 9.78 Å². The van der Waals surface area contributed by atoms with Gasteiger partial charge in [0.25, 0.3) is 0 Å². The summed E-state index contributed by atoms with van der Waals surface area (Å²) in [5.41, 5.74) is 7.01. The molecule has 0 unspecified atom stereocenters. The number of anilines is 2. The predicted molar refractivity (Wildman–Crippen MR) is 72.9 cm³/mol.